The summed E-state index contributed by atoms with van der Waals surface area (Å²) in [7, 11) is 0. The summed E-state index contributed by atoms with van der Waals surface area (Å²) in [6.07, 6.45) is 1.74. The number of imidazole rings is 1. The van der Waals surface area contributed by atoms with Crippen molar-refractivity contribution in [3.8, 4) is 11.3 Å². The first-order chi connectivity index (χ1) is 8.24. The molecule has 90 valence electrons. The second kappa shape index (κ2) is 5.47. The fourth-order valence-corrected chi connectivity index (χ4v) is 2.25. The summed E-state index contributed by atoms with van der Waals surface area (Å²) in [5.74, 6) is 0.972. The number of nitrogens with one attached hydrogen (secondary N) is 1. The zero-order valence-electron chi connectivity index (χ0n) is 9.83. The summed E-state index contributed by atoms with van der Waals surface area (Å²) < 4.78 is 1.07. The van der Waals surface area contributed by atoms with Gasteiger partial charge in [-0.05, 0) is 25.1 Å². The summed E-state index contributed by atoms with van der Waals surface area (Å²) in [5.41, 5.74) is 8.90. The number of rotatable bonds is 4. The van der Waals surface area contributed by atoms with E-state index in [4.69, 9.17) is 5.73 Å². The van der Waals surface area contributed by atoms with Gasteiger partial charge < -0.3 is 10.7 Å². The molecular formula is C13H16BrN3. The van der Waals surface area contributed by atoms with Crippen LogP contribution in [-0.2, 0) is 12.8 Å². The average molecular weight is 294 g/mol. The lowest BCUT2D eigenvalue weighted by Crippen LogP contribution is -2.03. The molecule has 0 bridgehead atoms. The number of aromatic nitrogens is 2. The number of hydrogen-bond acceptors (Lipinski definition) is 2. The molecule has 0 fully saturated rings. The van der Waals surface area contributed by atoms with Crippen molar-refractivity contribution >= 4 is 15.9 Å². The average Bonchev–Trinajstić information content (AvgIpc) is 2.73. The summed E-state index contributed by atoms with van der Waals surface area (Å²) in [6, 6.07) is 8.20. The highest BCUT2D eigenvalue weighted by Gasteiger charge is 2.10. The normalized spacial score (nSPS) is 10.8. The van der Waals surface area contributed by atoms with Gasteiger partial charge >= 0.3 is 0 Å². The van der Waals surface area contributed by atoms with Crippen LogP contribution in [0, 0.1) is 0 Å². The lowest BCUT2D eigenvalue weighted by atomic mass is 10.1. The molecule has 0 amide bonds. The lowest BCUT2D eigenvalue weighted by molar-refractivity contribution is 0.885. The number of aromatic amines is 1. The van der Waals surface area contributed by atoms with Gasteiger partial charge in [-0.25, -0.2) is 4.98 Å². The molecule has 0 unspecified atom stereocenters. The van der Waals surface area contributed by atoms with E-state index in [1.807, 2.05) is 12.1 Å². The van der Waals surface area contributed by atoms with Crippen LogP contribution < -0.4 is 5.73 Å². The van der Waals surface area contributed by atoms with Crippen molar-refractivity contribution in [1.82, 2.24) is 9.97 Å². The van der Waals surface area contributed by atoms with Gasteiger partial charge in [0.2, 0.25) is 0 Å². The summed E-state index contributed by atoms with van der Waals surface area (Å²) in [4.78, 5) is 7.97. The van der Waals surface area contributed by atoms with E-state index in [-0.39, 0.29) is 0 Å². The molecule has 1 aromatic carbocycles. The van der Waals surface area contributed by atoms with Crippen molar-refractivity contribution in [2.24, 2.45) is 5.73 Å². The van der Waals surface area contributed by atoms with E-state index in [1.54, 1.807) is 0 Å². The Morgan fingerprint density at radius 2 is 2.24 bits per heavy atom. The molecule has 0 radical (unpaired) electrons. The number of halogens is 1. The van der Waals surface area contributed by atoms with Gasteiger partial charge in [0, 0.05) is 22.2 Å². The van der Waals surface area contributed by atoms with Crippen LogP contribution in [0.4, 0.5) is 0 Å². The first kappa shape index (κ1) is 12.3. The van der Waals surface area contributed by atoms with E-state index < -0.39 is 0 Å². The van der Waals surface area contributed by atoms with Crippen molar-refractivity contribution in [2.75, 3.05) is 6.54 Å². The Hall–Kier alpha value is -1.13. The van der Waals surface area contributed by atoms with E-state index in [2.05, 4.69) is 45.0 Å². The lowest BCUT2D eigenvalue weighted by Gasteiger charge is -2.00. The summed E-state index contributed by atoms with van der Waals surface area (Å²) in [5, 5.41) is 0. The topological polar surface area (TPSA) is 54.7 Å². The van der Waals surface area contributed by atoms with Crippen LogP contribution in [0.1, 0.15) is 18.4 Å². The number of nitrogens with zero attached hydrogens (tertiary/aromatic N) is 1. The molecule has 3 N–H and O–H groups in total. The molecule has 0 spiro atoms. The fourth-order valence-electron chi connectivity index (χ4n) is 1.85. The van der Waals surface area contributed by atoms with Gasteiger partial charge in [-0.2, -0.15) is 0 Å². The third kappa shape index (κ3) is 2.76. The van der Waals surface area contributed by atoms with Crippen LogP contribution in [0.15, 0.2) is 28.7 Å². The minimum Gasteiger partial charge on any atom is -0.345 e. The molecule has 0 saturated heterocycles. The van der Waals surface area contributed by atoms with Gasteiger partial charge in [-0.3, -0.25) is 0 Å². The quantitative estimate of drug-likeness (QED) is 0.911. The van der Waals surface area contributed by atoms with Gasteiger partial charge in [-0.15, -0.1) is 0 Å². The van der Waals surface area contributed by atoms with Crippen LogP contribution in [0.25, 0.3) is 11.3 Å². The van der Waals surface area contributed by atoms with Gasteiger partial charge in [-0.1, -0.05) is 35.0 Å². The largest absolute Gasteiger partial charge is 0.345 e. The molecule has 2 rings (SSSR count). The minimum absolute atomic E-state index is 0.620. The monoisotopic (exact) mass is 293 g/mol. The highest BCUT2D eigenvalue weighted by Crippen LogP contribution is 2.25. The third-order valence-electron chi connectivity index (χ3n) is 2.66. The number of nitrogens with two attached hydrogens (primary N) is 1. The Bertz CT molecular complexity index is 505. The molecule has 4 heteroatoms. The van der Waals surface area contributed by atoms with E-state index in [0.29, 0.717) is 6.54 Å². The Labute approximate surface area is 110 Å². The molecular weight excluding hydrogens is 278 g/mol. The molecule has 0 saturated carbocycles. The Balaban J connectivity index is 2.43. The van der Waals surface area contributed by atoms with Crippen LogP contribution >= 0.6 is 15.9 Å². The number of aryl methyl sites for hydroxylation is 1. The van der Waals surface area contributed by atoms with Crippen LogP contribution in [-0.4, -0.2) is 16.5 Å². The Morgan fingerprint density at radius 3 is 2.88 bits per heavy atom. The van der Waals surface area contributed by atoms with Crippen molar-refractivity contribution in [1.29, 1.82) is 0 Å². The second-order valence-electron chi connectivity index (χ2n) is 3.91. The Morgan fingerprint density at radius 1 is 1.41 bits per heavy atom. The van der Waals surface area contributed by atoms with E-state index in [1.165, 1.54) is 5.69 Å². The molecule has 2 aromatic rings. The zero-order valence-corrected chi connectivity index (χ0v) is 11.4. The number of hydrogen-bond donors (Lipinski definition) is 2. The molecule has 1 aromatic heterocycles. The van der Waals surface area contributed by atoms with Crippen molar-refractivity contribution in [3.05, 3.63) is 40.3 Å². The third-order valence-corrected chi connectivity index (χ3v) is 3.15. The Kier molecular flexibility index (Phi) is 3.97. The van der Waals surface area contributed by atoms with Crippen molar-refractivity contribution < 1.29 is 0 Å². The van der Waals surface area contributed by atoms with E-state index in [0.717, 1.165) is 34.4 Å². The molecule has 0 aliphatic heterocycles. The molecule has 3 nitrogen and oxygen atoms in total. The molecule has 0 aliphatic rings. The van der Waals surface area contributed by atoms with Crippen LogP contribution in [0.5, 0.6) is 0 Å². The highest BCUT2D eigenvalue weighted by molar-refractivity contribution is 9.10. The SMILES string of the molecule is CCc1[nH]c(CCN)nc1-c1cccc(Br)c1. The summed E-state index contributed by atoms with van der Waals surface area (Å²) in [6.45, 7) is 2.75. The first-order valence-electron chi connectivity index (χ1n) is 5.78. The van der Waals surface area contributed by atoms with Crippen molar-refractivity contribution in [2.45, 2.75) is 19.8 Å². The van der Waals surface area contributed by atoms with Gasteiger partial charge in [0.1, 0.15) is 5.82 Å². The number of benzene rings is 1. The summed E-state index contributed by atoms with van der Waals surface area (Å²) >= 11 is 3.49. The minimum atomic E-state index is 0.620. The van der Waals surface area contributed by atoms with Crippen molar-refractivity contribution in [3.63, 3.8) is 0 Å². The molecule has 0 aliphatic carbocycles. The van der Waals surface area contributed by atoms with E-state index >= 15 is 0 Å². The first-order valence-corrected chi connectivity index (χ1v) is 6.57. The smallest absolute Gasteiger partial charge is 0.108 e. The van der Waals surface area contributed by atoms with Gasteiger partial charge in [0.25, 0.3) is 0 Å². The van der Waals surface area contributed by atoms with E-state index in [9.17, 15) is 0 Å². The highest BCUT2D eigenvalue weighted by atomic mass is 79.9. The maximum Gasteiger partial charge on any atom is 0.108 e. The van der Waals surface area contributed by atoms with Gasteiger partial charge in [0.05, 0.1) is 5.69 Å². The zero-order chi connectivity index (χ0) is 12.3. The second-order valence-corrected chi connectivity index (χ2v) is 4.83. The fraction of sp³-hybridized carbons (Fsp3) is 0.308. The molecule has 1 heterocycles. The standard InChI is InChI=1S/C13H16BrN3/c1-2-11-13(17-12(16-11)6-7-15)9-4-3-5-10(14)8-9/h3-5,8H,2,6-7,15H2,1H3,(H,16,17). The molecule has 17 heavy (non-hydrogen) atoms. The van der Waals surface area contributed by atoms with Gasteiger partial charge in [0.15, 0.2) is 0 Å². The predicted octanol–water partition coefficient (Wildman–Crippen LogP) is 2.90. The number of H-pyrrole nitrogens is 1. The van der Waals surface area contributed by atoms with Crippen LogP contribution in [0.3, 0.4) is 0 Å². The maximum atomic E-state index is 5.56. The molecule has 0 atom stereocenters. The predicted molar refractivity (Wildman–Crippen MR) is 73.9 cm³/mol. The van der Waals surface area contributed by atoms with Crippen LogP contribution in [0.2, 0.25) is 0 Å². The maximum absolute atomic E-state index is 5.56.